The van der Waals surface area contributed by atoms with Crippen LogP contribution in [0.1, 0.15) is 37.9 Å². The third-order valence-electron chi connectivity index (χ3n) is 4.50. The first-order valence-electron chi connectivity index (χ1n) is 7.94. The van der Waals surface area contributed by atoms with Gasteiger partial charge in [-0.1, -0.05) is 19.3 Å². The number of furan rings is 1. The van der Waals surface area contributed by atoms with E-state index in [0.717, 1.165) is 30.4 Å². The van der Waals surface area contributed by atoms with Crippen LogP contribution in [0.25, 0.3) is 11.5 Å². The van der Waals surface area contributed by atoms with E-state index in [0.29, 0.717) is 11.3 Å². The molecule has 2 aromatic heterocycles. The maximum atomic E-state index is 12.4. The maximum absolute atomic E-state index is 12.4. The van der Waals surface area contributed by atoms with Gasteiger partial charge in [0.05, 0.1) is 11.8 Å². The lowest BCUT2D eigenvalue weighted by Gasteiger charge is -2.31. The normalized spacial score (nSPS) is 15.7. The lowest BCUT2D eigenvalue weighted by atomic mass is 9.94. The molecular formula is C16H21N3O4. The molecule has 0 N–H and O–H groups in total. The van der Waals surface area contributed by atoms with Crippen molar-refractivity contribution < 1.29 is 13.6 Å². The van der Waals surface area contributed by atoms with Gasteiger partial charge >= 0.3 is 5.76 Å². The summed E-state index contributed by atoms with van der Waals surface area (Å²) in [6.45, 7) is 1.66. The number of hydrogen-bond donors (Lipinski definition) is 0. The average molecular weight is 319 g/mol. The fourth-order valence-electron chi connectivity index (χ4n) is 3.03. The Hall–Kier alpha value is -2.31. The number of carbonyl (C=O) groups is 1. The molecule has 2 aromatic rings. The topological polar surface area (TPSA) is 81.5 Å². The molecule has 0 bridgehead atoms. The van der Waals surface area contributed by atoms with Crippen molar-refractivity contribution in [2.75, 3.05) is 7.05 Å². The number of nitrogens with zero attached hydrogens (tertiary/aromatic N) is 3. The summed E-state index contributed by atoms with van der Waals surface area (Å²) in [4.78, 5) is 26.0. The monoisotopic (exact) mass is 319 g/mol. The van der Waals surface area contributed by atoms with Crippen LogP contribution in [0.3, 0.4) is 0 Å². The average Bonchev–Trinajstić information content (AvgIpc) is 3.13. The minimum absolute atomic E-state index is 0.105. The Kier molecular flexibility index (Phi) is 4.36. The largest absolute Gasteiger partial charge is 0.469 e. The van der Waals surface area contributed by atoms with Gasteiger partial charge in [-0.3, -0.25) is 4.79 Å². The summed E-state index contributed by atoms with van der Waals surface area (Å²) in [6.07, 6.45) is 7.08. The van der Waals surface area contributed by atoms with Gasteiger partial charge in [-0.2, -0.15) is 4.68 Å². The van der Waals surface area contributed by atoms with Crippen LogP contribution in [0.4, 0.5) is 0 Å². The summed E-state index contributed by atoms with van der Waals surface area (Å²) in [5.74, 6) is 0.0344. The van der Waals surface area contributed by atoms with E-state index in [-0.39, 0.29) is 24.4 Å². The van der Waals surface area contributed by atoms with Gasteiger partial charge in [0.25, 0.3) is 5.89 Å². The first kappa shape index (κ1) is 15.6. The highest BCUT2D eigenvalue weighted by atomic mass is 16.4. The van der Waals surface area contributed by atoms with E-state index in [1.54, 1.807) is 24.9 Å². The molecule has 0 unspecified atom stereocenters. The molecule has 0 atom stereocenters. The number of hydrogen-bond acceptors (Lipinski definition) is 5. The molecule has 124 valence electrons. The molecule has 0 saturated heterocycles. The Morgan fingerprint density at radius 2 is 2.13 bits per heavy atom. The first-order chi connectivity index (χ1) is 11.1. The van der Waals surface area contributed by atoms with E-state index in [1.165, 1.54) is 12.7 Å². The van der Waals surface area contributed by atoms with Crippen LogP contribution in [-0.2, 0) is 11.3 Å². The predicted octanol–water partition coefficient (Wildman–Crippen LogP) is 2.20. The van der Waals surface area contributed by atoms with Crippen LogP contribution < -0.4 is 5.76 Å². The summed E-state index contributed by atoms with van der Waals surface area (Å²) in [5, 5.41) is 4.11. The standard InChI is InChI=1S/C16H21N3O4/c1-11-13(8-9-22-11)15-17-19(16(21)23-15)10-14(20)18(2)12-6-4-3-5-7-12/h8-9,12H,3-7,10H2,1-2H3. The van der Waals surface area contributed by atoms with Crippen LogP contribution in [0.2, 0.25) is 0 Å². The van der Waals surface area contributed by atoms with Gasteiger partial charge in [0.2, 0.25) is 5.91 Å². The van der Waals surface area contributed by atoms with Gasteiger partial charge in [0.15, 0.2) is 0 Å². The zero-order valence-electron chi connectivity index (χ0n) is 13.4. The Morgan fingerprint density at radius 3 is 2.78 bits per heavy atom. The number of aromatic nitrogens is 2. The number of aryl methyl sites for hydroxylation is 1. The minimum atomic E-state index is -0.633. The molecule has 0 spiro atoms. The lowest BCUT2D eigenvalue weighted by Crippen LogP contribution is -2.41. The second-order valence-corrected chi connectivity index (χ2v) is 6.02. The van der Waals surface area contributed by atoms with E-state index in [2.05, 4.69) is 5.10 Å². The van der Waals surface area contributed by atoms with Crippen molar-refractivity contribution in [1.29, 1.82) is 0 Å². The number of rotatable bonds is 4. The highest BCUT2D eigenvalue weighted by Gasteiger charge is 2.24. The molecule has 1 aliphatic carbocycles. The highest BCUT2D eigenvalue weighted by Crippen LogP contribution is 2.22. The van der Waals surface area contributed by atoms with Gasteiger partial charge < -0.3 is 13.7 Å². The molecule has 0 radical (unpaired) electrons. The summed E-state index contributed by atoms with van der Waals surface area (Å²) in [5.41, 5.74) is 0.619. The molecule has 7 nitrogen and oxygen atoms in total. The molecule has 3 rings (SSSR count). The van der Waals surface area contributed by atoms with E-state index in [1.807, 2.05) is 0 Å². The smallest absolute Gasteiger partial charge is 0.437 e. The summed E-state index contributed by atoms with van der Waals surface area (Å²) in [7, 11) is 1.80. The van der Waals surface area contributed by atoms with E-state index in [9.17, 15) is 9.59 Å². The van der Waals surface area contributed by atoms with Gasteiger partial charge in [-0.05, 0) is 25.8 Å². The summed E-state index contributed by atoms with van der Waals surface area (Å²) >= 11 is 0. The second kappa shape index (κ2) is 6.44. The van der Waals surface area contributed by atoms with Crippen molar-refractivity contribution in [3.05, 3.63) is 28.6 Å². The van der Waals surface area contributed by atoms with Crippen LogP contribution >= 0.6 is 0 Å². The third kappa shape index (κ3) is 3.23. The van der Waals surface area contributed by atoms with Gasteiger partial charge in [-0.15, -0.1) is 5.10 Å². The third-order valence-corrected chi connectivity index (χ3v) is 4.50. The molecule has 1 aliphatic rings. The van der Waals surface area contributed by atoms with Crippen molar-refractivity contribution >= 4 is 5.91 Å². The van der Waals surface area contributed by atoms with Crippen molar-refractivity contribution in [2.24, 2.45) is 0 Å². The van der Waals surface area contributed by atoms with Crippen molar-refractivity contribution in [3.63, 3.8) is 0 Å². The van der Waals surface area contributed by atoms with Crippen LogP contribution in [0.5, 0.6) is 0 Å². The first-order valence-corrected chi connectivity index (χ1v) is 7.94. The Balaban J connectivity index is 1.72. The predicted molar refractivity (Wildman–Crippen MR) is 82.8 cm³/mol. The zero-order valence-corrected chi connectivity index (χ0v) is 13.4. The molecule has 1 saturated carbocycles. The minimum Gasteiger partial charge on any atom is -0.469 e. The molecule has 23 heavy (non-hydrogen) atoms. The molecular weight excluding hydrogens is 298 g/mol. The van der Waals surface area contributed by atoms with E-state index in [4.69, 9.17) is 8.83 Å². The number of amides is 1. The van der Waals surface area contributed by atoms with Gasteiger partial charge in [0, 0.05) is 13.1 Å². The summed E-state index contributed by atoms with van der Waals surface area (Å²) < 4.78 is 11.4. The Bertz CT molecular complexity index is 737. The quantitative estimate of drug-likeness (QED) is 0.863. The van der Waals surface area contributed by atoms with Crippen LogP contribution in [0.15, 0.2) is 26.0 Å². The molecule has 7 heteroatoms. The summed E-state index contributed by atoms with van der Waals surface area (Å²) in [6, 6.07) is 1.94. The molecule has 2 heterocycles. The number of likely N-dealkylation sites (N-methyl/N-ethyl adjacent to an activating group) is 1. The van der Waals surface area contributed by atoms with Crippen LogP contribution in [-0.4, -0.2) is 33.7 Å². The second-order valence-electron chi connectivity index (χ2n) is 6.02. The molecule has 0 aromatic carbocycles. The van der Waals surface area contributed by atoms with Gasteiger partial charge in [-0.25, -0.2) is 4.79 Å². The van der Waals surface area contributed by atoms with Gasteiger partial charge in [0.1, 0.15) is 12.3 Å². The zero-order chi connectivity index (χ0) is 16.4. The van der Waals surface area contributed by atoms with Crippen molar-refractivity contribution in [2.45, 2.75) is 51.6 Å². The molecule has 1 amide bonds. The Labute approximate surface area is 133 Å². The SMILES string of the molecule is Cc1occc1-c1nn(CC(=O)N(C)C2CCCCC2)c(=O)o1. The van der Waals surface area contributed by atoms with E-state index >= 15 is 0 Å². The lowest BCUT2D eigenvalue weighted by molar-refractivity contribution is -0.133. The van der Waals surface area contributed by atoms with Crippen molar-refractivity contribution in [3.8, 4) is 11.5 Å². The van der Waals surface area contributed by atoms with Crippen LogP contribution in [0, 0.1) is 6.92 Å². The fraction of sp³-hybridized carbons (Fsp3) is 0.562. The number of carbonyl (C=O) groups excluding carboxylic acids is 1. The maximum Gasteiger partial charge on any atom is 0.437 e. The molecule has 0 aliphatic heterocycles. The highest BCUT2D eigenvalue weighted by molar-refractivity contribution is 5.76. The fourth-order valence-corrected chi connectivity index (χ4v) is 3.03. The Morgan fingerprint density at radius 1 is 1.39 bits per heavy atom. The van der Waals surface area contributed by atoms with E-state index < -0.39 is 5.76 Å². The molecule has 1 fully saturated rings. The van der Waals surface area contributed by atoms with Crippen molar-refractivity contribution in [1.82, 2.24) is 14.7 Å².